The van der Waals surface area contributed by atoms with Crippen LogP contribution in [0, 0.1) is 5.92 Å². The third kappa shape index (κ3) is 2.97. The van der Waals surface area contributed by atoms with Gasteiger partial charge in [-0.1, -0.05) is 12.1 Å². The number of para-hydroxylation sites is 1. The zero-order chi connectivity index (χ0) is 13.6. The predicted octanol–water partition coefficient (Wildman–Crippen LogP) is -2.18. The summed E-state index contributed by atoms with van der Waals surface area (Å²) in [5, 5.41) is 18.6. The second-order valence-corrected chi connectivity index (χ2v) is 4.68. The topological polar surface area (TPSA) is 185 Å². The lowest BCUT2D eigenvalue weighted by molar-refractivity contribution is -0.138. The van der Waals surface area contributed by atoms with Crippen molar-refractivity contribution < 1.29 is 36.2 Å². The minimum atomic E-state index is -1.28. The van der Waals surface area contributed by atoms with Crippen molar-refractivity contribution >= 4 is 23.3 Å². The van der Waals surface area contributed by atoms with Crippen LogP contribution in [0.5, 0.6) is 0 Å². The van der Waals surface area contributed by atoms with Crippen LogP contribution in [0.2, 0.25) is 0 Å². The quantitative estimate of drug-likeness (QED) is 0.557. The first-order valence-electron chi connectivity index (χ1n) is 5.95. The van der Waals surface area contributed by atoms with Gasteiger partial charge in [0.25, 0.3) is 0 Å². The van der Waals surface area contributed by atoms with Crippen LogP contribution < -0.4 is 0 Å². The number of amidine groups is 1. The first-order chi connectivity index (χ1) is 9.08. The summed E-state index contributed by atoms with van der Waals surface area (Å²) in [6.07, 6.45) is -0.482. The third-order valence-corrected chi connectivity index (χ3v) is 3.36. The Bertz CT molecular complexity index is 596. The van der Waals surface area contributed by atoms with E-state index in [2.05, 4.69) is 4.99 Å². The van der Waals surface area contributed by atoms with Gasteiger partial charge in [-0.05, 0) is 12.1 Å². The summed E-state index contributed by atoms with van der Waals surface area (Å²) < 4.78 is 0. The molecule has 1 aromatic carbocycles. The van der Waals surface area contributed by atoms with Gasteiger partial charge in [0, 0.05) is 18.7 Å². The van der Waals surface area contributed by atoms with Crippen LogP contribution in [0.15, 0.2) is 29.3 Å². The van der Waals surface area contributed by atoms with Crippen molar-refractivity contribution in [3.8, 4) is 0 Å². The normalized spacial score (nSPS) is 19.5. The van der Waals surface area contributed by atoms with Gasteiger partial charge < -0.3 is 31.5 Å². The number of likely N-dealkylation sites (tertiary alicyclic amines) is 1. The van der Waals surface area contributed by atoms with Gasteiger partial charge in [-0.25, -0.2) is 4.99 Å². The molecule has 0 saturated carbocycles. The molecular formula is C13H18N2O7. The zero-order valence-corrected chi connectivity index (χ0v) is 11.5. The van der Waals surface area contributed by atoms with E-state index in [1.54, 1.807) is 29.2 Å². The molecule has 0 radical (unpaired) electrons. The highest BCUT2D eigenvalue weighted by Gasteiger charge is 2.42. The van der Waals surface area contributed by atoms with Gasteiger partial charge >= 0.3 is 5.97 Å². The number of aliphatic hydroxyl groups excluding tert-OH is 1. The first kappa shape index (κ1) is 19.7. The Kier molecular flexibility index (Phi) is 6.34. The smallest absolute Gasteiger partial charge is 0.322 e. The minimum absolute atomic E-state index is 0. The van der Waals surface area contributed by atoms with Gasteiger partial charge in [-0.15, -0.1) is 0 Å². The average molecular weight is 314 g/mol. The third-order valence-electron chi connectivity index (χ3n) is 3.36. The summed E-state index contributed by atoms with van der Waals surface area (Å²) in [6, 6.07) is 6.70. The van der Waals surface area contributed by atoms with Crippen molar-refractivity contribution in [3.05, 3.63) is 29.8 Å². The maximum Gasteiger partial charge on any atom is 0.322 e. The van der Waals surface area contributed by atoms with Gasteiger partial charge in [-0.3, -0.25) is 9.59 Å². The van der Waals surface area contributed by atoms with E-state index >= 15 is 0 Å². The standard InChI is InChI=1S/C13H12N2O4.3H2O/c16-7-5-15(6-7)12-10(13(18)19)11(17)8-3-1-2-4-9(8)14-12;;;/h1-4,7,10,16H,5-6H2,(H,18,19);3*1H2. The summed E-state index contributed by atoms with van der Waals surface area (Å²) in [4.78, 5) is 29.5. The van der Waals surface area contributed by atoms with Gasteiger partial charge in [0.1, 0.15) is 5.84 Å². The molecule has 2 heterocycles. The zero-order valence-electron chi connectivity index (χ0n) is 11.5. The fourth-order valence-corrected chi connectivity index (χ4v) is 2.36. The van der Waals surface area contributed by atoms with Crippen LogP contribution in [0.3, 0.4) is 0 Å². The lowest BCUT2D eigenvalue weighted by Gasteiger charge is -2.40. The number of carboxylic acids is 1. The van der Waals surface area contributed by atoms with Crippen LogP contribution in [-0.2, 0) is 4.79 Å². The van der Waals surface area contributed by atoms with Crippen molar-refractivity contribution in [1.29, 1.82) is 0 Å². The highest BCUT2D eigenvalue weighted by molar-refractivity contribution is 6.26. The molecule has 1 unspecified atom stereocenters. The number of aliphatic carboxylic acids is 1. The maximum absolute atomic E-state index is 12.2. The Labute approximate surface area is 125 Å². The number of benzene rings is 1. The summed E-state index contributed by atoms with van der Waals surface area (Å²) in [5.74, 6) is -2.71. The fourth-order valence-electron chi connectivity index (χ4n) is 2.36. The van der Waals surface area contributed by atoms with E-state index in [1.165, 1.54) is 0 Å². The van der Waals surface area contributed by atoms with E-state index in [1.807, 2.05) is 0 Å². The van der Waals surface area contributed by atoms with Gasteiger partial charge in [0.05, 0.1) is 11.8 Å². The molecule has 9 heteroatoms. The number of hydrogen-bond acceptors (Lipinski definition) is 5. The molecule has 22 heavy (non-hydrogen) atoms. The SMILES string of the molecule is O.O.O.O=C(O)C1C(=O)c2ccccc2N=C1N1CC(O)C1. The van der Waals surface area contributed by atoms with E-state index in [4.69, 9.17) is 0 Å². The molecule has 9 nitrogen and oxygen atoms in total. The van der Waals surface area contributed by atoms with Gasteiger partial charge in [-0.2, -0.15) is 0 Å². The highest BCUT2D eigenvalue weighted by Crippen LogP contribution is 2.31. The van der Waals surface area contributed by atoms with Crippen molar-refractivity contribution in [3.63, 3.8) is 0 Å². The maximum atomic E-state index is 12.2. The van der Waals surface area contributed by atoms with E-state index in [9.17, 15) is 19.8 Å². The lowest BCUT2D eigenvalue weighted by Crippen LogP contribution is -2.57. The summed E-state index contributed by atoms with van der Waals surface area (Å²) >= 11 is 0. The van der Waals surface area contributed by atoms with E-state index < -0.39 is 23.8 Å². The van der Waals surface area contributed by atoms with E-state index in [0.717, 1.165) is 0 Å². The second-order valence-electron chi connectivity index (χ2n) is 4.68. The monoisotopic (exact) mass is 314 g/mol. The molecule has 0 spiro atoms. The largest absolute Gasteiger partial charge is 0.480 e. The molecular weight excluding hydrogens is 296 g/mol. The second kappa shape index (κ2) is 7.09. The van der Waals surface area contributed by atoms with Crippen LogP contribution in [0.4, 0.5) is 5.69 Å². The molecule has 3 rings (SSSR count). The van der Waals surface area contributed by atoms with Gasteiger partial charge in [0.2, 0.25) is 0 Å². The van der Waals surface area contributed by atoms with Crippen LogP contribution in [0.1, 0.15) is 10.4 Å². The summed E-state index contributed by atoms with van der Waals surface area (Å²) in [5.41, 5.74) is 0.820. The molecule has 1 aromatic rings. The first-order valence-corrected chi connectivity index (χ1v) is 5.95. The molecule has 0 amide bonds. The number of aliphatic imine (C=N–C) groups is 1. The molecule has 8 N–H and O–H groups in total. The van der Waals surface area contributed by atoms with E-state index in [-0.39, 0.29) is 22.3 Å². The number of carboxylic acid groups (broad SMARTS) is 1. The number of rotatable bonds is 1. The number of nitrogens with zero attached hydrogens (tertiary/aromatic N) is 2. The Morgan fingerprint density at radius 3 is 2.32 bits per heavy atom. The molecule has 0 bridgehead atoms. The molecule has 122 valence electrons. The van der Waals surface area contributed by atoms with Crippen LogP contribution >= 0.6 is 0 Å². The molecule has 1 atom stereocenters. The molecule has 0 aromatic heterocycles. The number of ketones is 1. The fraction of sp³-hybridized carbons (Fsp3) is 0.308. The number of aliphatic hydroxyl groups is 1. The molecule has 2 aliphatic rings. The lowest BCUT2D eigenvalue weighted by atomic mass is 9.90. The van der Waals surface area contributed by atoms with Crippen molar-refractivity contribution in [1.82, 2.24) is 4.90 Å². The number of Topliss-reactive ketones (excluding diaryl/α,β-unsaturated/α-hetero) is 1. The molecule has 1 saturated heterocycles. The van der Waals surface area contributed by atoms with Gasteiger partial charge in [0.15, 0.2) is 11.7 Å². The van der Waals surface area contributed by atoms with Crippen molar-refractivity contribution in [2.45, 2.75) is 6.10 Å². The summed E-state index contributed by atoms with van der Waals surface area (Å²) in [6.45, 7) is 0.635. The number of β-amino-alcohol motifs (C(OH)–C–C–N with tert-alkyl or cyclic N) is 1. The molecule has 2 aliphatic heterocycles. The molecule has 0 aliphatic carbocycles. The highest BCUT2D eigenvalue weighted by atomic mass is 16.4. The number of hydrogen-bond donors (Lipinski definition) is 2. The Hall–Kier alpha value is -2.33. The van der Waals surface area contributed by atoms with Crippen LogP contribution in [-0.4, -0.2) is 68.3 Å². The molecule has 1 fully saturated rings. The number of carbonyl (C=O) groups is 2. The number of fused-ring (bicyclic) bond motifs is 1. The Morgan fingerprint density at radius 1 is 1.18 bits per heavy atom. The van der Waals surface area contributed by atoms with Crippen molar-refractivity contribution in [2.24, 2.45) is 10.9 Å². The average Bonchev–Trinajstić information content (AvgIpc) is 2.34. The Balaban J connectivity index is 0.00000147. The van der Waals surface area contributed by atoms with E-state index in [0.29, 0.717) is 24.3 Å². The Morgan fingerprint density at radius 2 is 1.77 bits per heavy atom. The van der Waals surface area contributed by atoms with Crippen molar-refractivity contribution in [2.75, 3.05) is 13.1 Å². The minimum Gasteiger partial charge on any atom is -0.480 e. The van der Waals surface area contributed by atoms with Crippen LogP contribution in [0.25, 0.3) is 0 Å². The predicted molar refractivity (Wildman–Crippen MR) is 77.4 cm³/mol. The number of carbonyl (C=O) groups excluding carboxylic acids is 1. The summed E-state index contributed by atoms with van der Waals surface area (Å²) in [7, 11) is 0.